The van der Waals surface area contributed by atoms with Crippen molar-refractivity contribution in [1.29, 1.82) is 5.26 Å². The van der Waals surface area contributed by atoms with Crippen LogP contribution in [-0.2, 0) is 6.61 Å². The van der Waals surface area contributed by atoms with Crippen LogP contribution in [0.2, 0.25) is 0 Å². The molecule has 0 bridgehead atoms. The van der Waals surface area contributed by atoms with E-state index in [0.717, 1.165) is 24.8 Å². The largest absolute Gasteiger partial charge is 0.485 e. The number of carbonyl (C=O) groups is 1. The lowest BCUT2D eigenvalue weighted by molar-refractivity contribution is 0.0697. The lowest BCUT2D eigenvalue weighted by Gasteiger charge is -2.22. The molecule has 0 radical (unpaired) electrons. The van der Waals surface area contributed by atoms with Crippen molar-refractivity contribution in [2.75, 3.05) is 25.9 Å². The number of benzene rings is 3. The maximum atomic E-state index is 16.3. The Kier molecular flexibility index (Phi) is 9.81. The van der Waals surface area contributed by atoms with Crippen molar-refractivity contribution in [1.82, 2.24) is 25.2 Å². The molecule has 0 spiro atoms. The van der Waals surface area contributed by atoms with Gasteiger partial charge in [0, 0.05) is 30.9 Å². The second-order valence-electron chi connectivity index (χ2n) is 10.7. The van der Waals surface area contributed by atoms with Crippen LogP contribution in [0.1, 0.15) is 33.2 Å². The molecule has 1 atom stereocenters. The molecule has 248 valence electrons. The first-order valence-electron chi connectivity index (χ1n) is 14.7. The number of anilines is 1. The lowest BCUT2D eigenvalue weighted by Crippen LogP contribution is -2.24. The maximum absolute atomic E-state index is 16.3. The zero-order chi connectivity index (χ0) is 34.5. The van der Waals surface area contributed by atoms with Gasteiger partial charge in [0.1, 0.15) is 23.7 Å². The Labute approximate surface area is 283 Å². The third kappa shape index (κ3) is 7.36. The Hall–Kier alpha value is -5.82. The van der Waals surface area contributed by atoms with Gasteiger partial charge in [0.15, 0.2) is 16.7 Å². The molecule has 1 aliphatic heterocycles. The molecule has 4 N–H and O–H groups in total. The number of nitrogen functional groups attached to an aromatic ring is 1. The number of aromatic carboxylic acids is 1. The summed E-state index contributed by atoms with van der Waals surface area (Å²) in [6.07, 6.45) is 0.690. The average Bonchev–Trinajstić information content (AvgIpc) is 3.54. The highest BCUT2D eigenvalue weighted by molar-refractivity contribution is 7.99. The van der Waals surface area contributed by atoms with E-state index < -0.39 is 40.1 Å². The standard InChI is InChI=1S/C34H27F2N7O5S/c1-43-14-13-39-30(43)21-9-5-6-10-23(21)47-31-26(35)28(49-34-40-17-22(33(44)45)29(38)41-34)27(36)32(42-31)48-25-15-20(16-37)11-12-24(25)46-18-19-7-3-2-4-8-19/h2-12,15,17,30,39H,13-14,18H2,1H3,(H,44,45)(H2,38,40,41). The summed E-state index contributed by atoms with van der Waals surface area (Å²) in [6.45, 7) is 1.61. The summed E-state index contributed by atoms with van der Waals surface area (Å²) in [6, 6.07) is 22.5. The molecule has 5 aromatic rings. The van der Waals surface area contributed by atoms with Gasteiger partial charge in [-0.1, -0.05) is 48.5 Å². The molecule has 15 heteroatoms. The van der Waals surface area contributed by atoms with E-state index in [2.05, 4.69) is 20.3 Å². The number of nitriles is 1. The summed E-state index contributed by atoms with van der Waals surface area (Å²) < 4.78 is 50.4. The van der Waals surface area contributed by atoms with Gasteiger partial charge in [-0.15, -0.1) is 0 Å². The summed E-state index contributed by atoms with van der Waals surface area (Å²) in [5.74, 6) is -5.22. The minimum atomic E-state index is -1.37. The molecule has 2 aromatic heterocycles. The van der Waals surface area contributed by atoms with Gasteiger partial charge in [-0.3, -0.25) is 10.2 Å². The molecule has 3 heterocycles. The predicted molar refractivity (Wildman–Crippen MR) is 174 cm³/mol. The van der Waals surface area contributed by atoms with E-state index in [4.69, 9.17) is 19.9 Å². The minimum Gasteiger partial charge on any atom is -0.485 e. The molecule has 0 saturated carbocycles. The number of nitrogens with zero attached hydrogens (tertiary/aromatic N) is 5. The number of halogens is 2. The first-order chi connectivity index (χ1) is 23.7. The maximum Gasteiger partial charge on any atom is 0.341 e. The normalized spacial score (nSPS) is 14.3. The van der Waals surface area contributed by atoms with Gasteiger partial charge in [0.2, 0.25) is 11.6 Å². The van der Waals surface area contributed by atoms with E-state index in [1.54, 1.807) is 12.1 Å². The van der Waals surface area contributed by atoms with E-state index in [-0.39, 0.29) is 46.3 Å². The van der Waals surface area contributed by atoms with E-state index >= 15 is 8.78 Å². The summed E-state index contributed by atoms with van der Waals surface area (Å²) in [5, 5.41) is 22.0. The zero-order valence-electron chi connectivity index (χ0n) is 25.8. The molecule has 1 unspecified atom stereocenters. The molecular formula is C34H27F2N7O5S. The zero-order valence-corrected chi connectivity index (χ0v) is 26.6. The Bertz CT molecular complexity index is 2070. The van der Waals surface area contributed by atoms with Crippen LogP contribution in [-0.4, -0.2) is 51.1 Å². The molecule has 6 rings (SSSR count). The van der Waals surface area contributed by atoms with Gasteiger partial charge >= 0.3 is 5.97 Å². The Morgan fingerprint density at radius 3 is 2.43 bits per heavy atom. The highest BCUT2D eigenvalue weighted by atomic mass is 32.2. The van der Waals surface area contributed by atoms with Gasteiger partial charge in [-0.05, 0) is 42.6 Å². The monoisotopic (exact) mass is 683 g/mol. The van der Waals surface area contributed by atoms with Gasteiger partial charge in [0.25, 0.3) is 11.8 Å². The van der Waals surface area contributed by atoms with E-state index in [1.807, 2.05) is 60.5 Å². The second-order valence-corrected chi connectivity index (χ2v) is 11.6. The highest BCUT2D eigenvalue weighted by Crippen LogP contribution is 2.42. The minimum absolute atomic E-state index is 0.0709. The number of aromatic nitrogens is 3. The SMILES string of the molecule is CN1CCNC1c1ccccc1Oc1nc(Oc2cc(C#N)ccc2OCc2ccccc2)c(F)c(Sc2ncc(C(=O)O)c(N)n2)c1F. The predicted octanol–water partition coefficient (Wildman–Crippen LogP) is 6.15. The molecule has 0 aliphatic carbocycles. The molecule has 49 heavy (non-hydrogen) atoms. The lowest BCUT2D eigenvalue weighted by atomic mass is 10.1. The van der Waals surface area contributed by atoms with Gasteiger partial charge in [-0.25, -0.2) is 14.8 Å². The molecule has 3 aromatic carbocycles. The van der Waals surface area contributed by atoms with Crippen LogP contribution in [0.4, 0.5) is 14.6 Å². The number of nitrogens with two attached hydrogens (primary N) is 1. The van der Waals surface area contributed by atoms with Crippen LogP contribution in [0.3, 0.4) is 0 Å². The molecule has 1 aliphatic rings. The second kappa shape index (κ2) is 14.5. The first-order valence-corrected chi connectivity index (χ1v) is 15.5. The number of carboxylic acid groups (broad SMARTS) is 1. The van der Waals surface area contributed by atoms with Crippen molar-refractivity contribution >= 4 is 23.5 Å². The number of para-hydroxylation sites is 1. The van der Waals surface area contributed by atoms with Gasteiger partial charge in [0.05, 0.1) is 22.7 Å². The van der Waals surface area contributed by atoms with Crippen LogP contribution in [0.15, 0.2) is 89.0 Å². The van der Waals surface area contributed by atoms with E-state index in [9.17, 15) is 15.2 Å². The quantitative estimate of drug-likeness (QED) is 0.136. The Morgan fingerprint density at radius 2 is 1.76 bits per heavy atom. The van der Waals surface area contributed by atoms with E-state index in [1.165, 1.54) is 18.2 Å². The number of nitrogens with one attached hydrogen (secondary N) is 1. The molecule has 1 fully saturated rings. The van der Waals surface area contributed by atoms with Crippen molar-refractivity contribution in [3.05, 3.63) is 113 Å². The summed E-state index contributed by atoms with van der Waals surface area (Å²) >= 11 is 0.425. The van der Waals surface area contributed by atoms with Crippen molar-refractivity contribution in [2.24, 2.45) is 0 Å². The molecule has 0 amide bonds. The number of hydrogen-bond donors (Lipinski definition) is 3. The van der Waals surface area contributed by atoms with Crippen LogP contribution >= 0.6 is 11.8 Å². The third-order valence-electron chi connectivity index (χ3n) is 7.38. The van der Waals surface area contributed by atoms with Gasteiger partial charge < -0.3 is 25.1 Å². The summed E-state index contributed by atoms with van der Waals surface area (Å²) in [7, 11) is 1.92. The van der Waals surface area contributed by atoms with Crippen molar-refractivity contribution in [3.63, 3.8) is 0 Å². The van der Waals surface area contributed by atoms with Crippen molar-refractivity contribution < 1.29 is 32.9 Å². The molecule has 12 nitrogen and oxygen atoms in total. The smallest absolute Gasteiger partial charge is 0.341 e. The Morgan fingerprint density at radius 1 is 1.04 bits per heavy atom. The topological polar surface area (TPSA) is 169 Å². The third-order valence-corrected chi connectivity index (χ3v) is 8.32. The average molecular weight is 684 g/mol. The number of carboxylic acids is 1. The number of ether oxygens (including phenoxy) is 3. The van der Waals surface area contributed by atoms with Crippen molar-refractivity contribution in [2.45, 2.75) is 22.8 Å². The van der Waals surface area contributed by atoms with Gasteiger partial charge in [-0.2, -0.15) is 19.0 Å². The number of pyridine rings is 1. The number of rotatable bonds is 11. The first kappa shape index (κ1) is 33.1. The summed E-state index contributed by atoms with van der Waals surface area (Å²) in [4.78, 5) is 24.7. The van der Waals surface area contributed by atoms with Crippen LogP contribution in [0.25, 0.3) is 0 Å². The fourth-order valence-corrected chi connectivity index (χ4v) is 5.70. The highest BCUT2D eigenvalue weighted by Gasteiger charge is 2.29. The van der Waals surface area contributed by atoms with Crippen LogP contribution < -0.4 is 25.3 Å². The molecular weight excluding hydrogens is 656 g/mol. The van der Waals surface area contributed by atoms with Crippen molar-refractivity contribution in [3.8, 4) is 35.1 Å². The van der Waals surface area contributed by atoms with Crippen LogP contribution in [0.5, 0.6) is 29.0 Å². The summed E-state index contributed by atoms with van der Waals surface area (Å²) in [5.41, 5.74) is 7.10. The van der Waals surface area contributed by atoms with Crippen LogP contribution in [0, 0.1) is 23.0 Å². The Balaban J connectivity index is 1.42. The fourth-order valence-electron chi connectivity index (χ4n) is 4.92. The number of likely N-dealkylation sites (N-methyl/N-ethyl adjacent to an activating group) is 1. The fraction of sp³-hybridized carbons (Fsp3) is 0.147. The molecule has 1 saturated heterocycles. The van der Waals surface area contributed by atoms with E-state index in [0.29, 0.717) is 17.3 Å². The number of hydrogen-bond acceptors (Lipinski definition) is 12.